The molecule has 0 saturated heterocycles. The van der Waals surface area contributed by atoms with E-state index in [0.717, 1.165) is 41.7 Å². The fourth-order valence-corrected chi connectivity index (χ4v) is 3.88. The third-order valence-corrected chi connectivity index (χ3v) is 5.54. The molecule has 2 aromatic rings. The van der Waals surface area contributed by atoms with Crippen LogP contribution in [0, 0.1) is 11.8 Å². The molecule has 0 bridgehead atoms. The molecule has 3 rings (SSSR count). The van der Waals surface area contributed by atoms with Crippen molar-refractivity contribution < 1.29 is 14.6 Å². The van der Waals surface area contributed by atoms with Gasteiger partial charge < -0.3 is 9.84 Å². The van der Waals surface area contributed by atoms with Crippen molar-refractivity contribution in [3.63, 3.8) is 0 Å². The Morgan fingerprint density at radius 2 is 2.00 bits per heavy atom. The van der Waals surface area contributed by atoms with Gasteiger partial charge in [0.05, 0.1) is 12.8 Å². The Labute approximate surface area is 160 Å². The van der Waals surface area contributed by atoms with E-state index in [0.29, 0.717) is 17.5 Å². The van der Waals surface area contributed by atoms with Crippen molar-refractivity contribution in [3.05, 3.63) is 47.7 Å². The lowest BCUT2D eigenvalue weighted by Crippen LogP contribution is -2.19. The molecule has 0 radical (unpaired) electrons. The molecule has 0 amide bonds. The Morgan fingerprint density at radius 1 is 1.30 bits per heavy atom. The molecule has 0 saturated carbocycles. The van der Waals surface area contributed by atoms with Gasteiger partial charge in [0.1, 0.15) is 5.69 Å². The highest BCUT2D eigenvalue weighted by Gasteiger charge is 2.31. The number of ether oxygens (including phenoxy) is 1. The zero-order chi connectivity index (χ0) is 19.6. The van der Waals surface area contributed by atoms with E-state index in [1.165, 1.54) is 7.11 Å². The second kappa shape index (κ2) is 8.09. The Hall–Kier alpha value is -2.40. The predicted molar refractivity (Wildman–Crippen MR) is 106 cm³/mol. The van der Waals surface area contributed by atoms with E-state index in [2.05, 4.69) is 25.0 Å². The largest absolute Gasteiger partial charge is 0.467 e. The average Bonchev–Trinajstić information content (AvgIpc) is 3.04. The molecule has 1 aliphatic carbocycles. The molecule has 5 heteroatoms. The fourth-order valence-electron chi connectivity index (χ4n) is 3.88. The van der Waals surface area contributed by atoms with Crippen LogP contribution in [-0.2, 0) is 16.6 Å². The molecule has 2 unspecified atom stereocenters. The minimum Gasteiger partial charge on any atom is -0.467 e. The standard InChI is InChI=1S/C22H28N2O3/c1-14(2)15-10-12-16(13-11-15)18-19(17-8-6-5-7-9-17)23-24(3)20(18)21(25)22(26)27-4/h5-9,12,14-15,21,25H,10-11,13H2,1-4H3. The Morgan fingerprint density at radius 3 is 2.56 bits per heavy atom. The molecule has 1 aliphatic rings. The Bertz CT molecular complexity index is 837. The van der Waals surface area contributed by atoms with E-state index >= 15 is 0 Å². The lowest BCUT2D eigenvalue weighted by atomic mass is 9.79. The van der Waals surface area contributed by atoms with Crippen LogP contribution in [0.2, 0.25) is 0 Å². The highest BCUT2D eigenvalue weighted by molar-refractivity contribution is 5.85. The number of aliphatic hydroxyl groups is 1. The third-order valence-electron chi connectivity index (χ3n) is 5.54. The van der Waals surface area contributed by atoms with Gasteiger partial charge in [-0.15, -0.1) is 0 Å². The Kier molecular flexibility index (Phi) is 5.80. The molecular weight excluding hydrogens is 340 g/mol. The molecule has 1 aromatic heterocycles. The van der Waals surface area contributed by atoms with Crippen molar-refractivity contribution in [2.45, 2.75) is 39.2 Å². The summed E-state index contributed by atoms with van der Waals surface area (Å²) < 4.78 is 6.38. The summed E-state index contributed by atoms with van der Waals surface area (Å²) in [6, 6.07) is 9.90. The van der Waals surface area contributed by atoms with Gasteiger partial charge in [-0.25, -0.2) is 4.79 Å². The topological polar surface area (TPSA) is 64.3 Å². The summed E-state index contributed by atoms with van der Waals surface area (Å²) in [5, 5.41) is 15.3. The van der Waals surface area contributed by atoms with Crippen LogP contribution in [-0.4, -0.2) is 28.0 Å². The molecule has 1 aromatic carbocycles. The van der Waals surface area contributed by atoms with Crippen LogP contribution < -0.4 is 0 Å². The smallest absolute Gasteiger partial charge is 0.341 e. The van der Waals surface area contributed by atoms with Gasteiger partial charge in [0.2, 0.25) is 0 Å². The number of rotatable bonds is 5. The summed E-state index contributed by atoms with van der Waals surface area (Å²) in [7, 11) is 3.05. The summed E-state index contributed by atoms with van der Waals surface area (Å²) >= 11 is 0. The zero-order valence-electron chi connectivity index (χ0n) is 16.5. The second-order valence-corrected chi connectivity index (χ2v) is 7.53. The van der Waals surface area contributed by atoms with Crippen LogP contribution in [0.1, 0.15) is 50.5 Å². The van der Waals surface area contributed by atoms with Gasteiger partial charge in [-0.3, -0.25) is 4.68 Å². The fraction of sp³-hybridized carbons (Fsp3) is 0.455. The summed E-state index contributed by atoms with van der Waals surface area (Å²) in [5.41, 5.74) is 4.28. The van der Waals surface area contributed by atoms with Crippen LogP contribution in [0.25, 0.3) is 16.8 Å². The number of carbonyl (C=O) groups excluding carboxylic acids is 1. The SMILES string of the molecule is COC(=O)C(O)c1c(C2=CCC(C(C)C)CC2)c(-c2ccccc2)nn1C. The van der Waals surface area contributed by atoms with Gasteiger partial charge in [-0.05, 0) is 36.7 Å². The second-order valence-electron chi connectivity index (χ2n) is 7.53. The number of methoxy groups -OCH3 is 1. The van der Waals surface area contributed by atoms with E-state index in [1.807, 2.05) is 30.3 Å². The van der Waals surface area contributed by atoms with Gasteiger partial charge in [0.25, 0.3) is 0 Å². The molecule has 2 atom stereocenters. The number of allylic oxidation sites excluding steroid dienone is 2. The number of aromatic nitrogens is 2. The lowest BCUT2D eigenvalue weighted by Gasteiger charge is -2.26. The van der Waals surface area contributed by atoms with Crippen LogP contribution in [0.15, 0.2) is 36.4 Å². The minimum absolute atomic E-state index is 0.495. The summed E-state index contributed by atoms with van der Waals surface area (Å²) in [6.07, 6.45) is 3.91. The minimum atomic E-state index is -1.36. The van der Waals surface area contributed by atoms with Gasteiger partial charge in [0.15, 0.2) is 6.10 Å². The quantitative estimate of drug-likeness (QED) is 0.806. The van der Waals surface area contributed by atoms with Crippen molar-refractivity contribution in [1.29, 1.82) is 0 Å². The van der Waals surface area contributed by atoms with Gasteiger partial charge in [-0.1, -0.05) is 50.3 Å². The van der Waals surface area contributed by atoms with Crippen molar-refractivity contribution in [2.24, 2.45) is 18.9 Å². The molecule has 1 N–H and O–H groups in total. The van der Waals surface area contributed by atoms with Crippen molar-refractivity contribution in [2.75, 3.05) is 7.11 Å². The number of aryl methyl sites for hydroxylation is 1. The summed E-state index contributed by atoms with van der Waals surface area (Å²) in [6.45, 7) is 4.52. The van der Waals surface area contributed by atoms with E-state index in [9.17, 15) is 9.90 Å². The number of aliphatic hydroxyl groups excluding tert-OH is 1. The van der Waals surface area contributed by atoms with Crippen LogP contribution in [0.3, 0.4) is 0 Å². The molecule has 144 valence electrons. The lowest BCUT2D eigenvalue weighted by molar-refractivity contribution is -0.151. The zero-order valence-corrected chi connectivity index (χ0v) is 16.5. The number of esters is 1. The molecule has 0 aliphatic heterocycles. The van der Waals surface area contributed by atoms with Crippen molar-refractivity contribution in [3.8, 4) is 11.3 Å². The maximum absolute atomic E-state index is 12.1. The summed E-state index contributed by atoms with van der Waals surface area (Å²) in [4.78, 5) is 12.1. The first kappa shape index (κ1) is 19.4. The third kappa shape index (κ3) is 3.83. The molecule has 0 spiro atoms. The first-order chi connectivity index (χ1) is 12.9. The normalized spacial score (nSPS) is 18.3. The first-order valence-corrected chi connectivity index (χ1v) is 9.51. The highest BCUT2D eigenvalue weighted by atomic mass is 16.5. The average molecular weight is 368 g/mol. The number of nitrogens with zero attached hydrogens (tertiary/aromatic N) is 2. The van der Waals surface area contributed by atoms with Crippen LogP contribution in [0.5, 0.6) is 0 Å². The van der Waals surface area contributed by atoms with Crippen molar-refractivity contribution in [1.82, 2.24) is 9.78 Å². The Balaban J connectivity index is 2.13. The molecule has 0 fully saturated rings. The van der Waals surface area contributed by atoms with E-state index in [4.69, 9.17) is 4.74 Å². The van der Waals surface area contributed by atoms with Crippen molar-refractivity contribution >= 4 is 11.5 Å². The van der Waals surface area contributed by atoms with Gasteiger partial charge in [0, 0.05) is 18.2 Å². The molecule has 5 nitrogen and oxygen atoms in total. The monoisotopic (exact) mass is 368 g/mol. The van der Waals surface area contributed by atoms with Crippen LogP contribution >= 0.6 is 0 Å². The van der Waals surface area contributed by atoms with Crippen LogP contribution in [0.4, 0.5) is 0 Å². The first-order valence-electron chi connectivity index (χ1n) is 9.51. The van der Waals surface area contributed by atoms with E-state index in [1.54, 1.807) is 11.7 Å². The molecule has 27 heavy (non-hydrogen) atoms. The predicted octanol–water partition coefficient (Wildman–Crippen LogP) is 4.13. The number of benzene rings is 1. The number of hydrogen-bond donors (Lipinski definition) is 1. The number of hydrogen-bond acceptors (Lipinski definition) is 4. The summed E-state index contributed by atoms with van der Waals surface area (Å²) in [5.74, 6) is 0.639. The van der Waals surface area contributed by atoms with Gasteiger partial charge in [-0.2, -0.15) is 5.10 Å². The molecular formula is C22H28N2O3. The highest BCUT2D eigenvalue weighted by Crippen LogP contribution is 2.40. The molecule has 1 heterocycles. The van der Waals surface area contributed by atoms with E-state index in [-0.39, 0.29) is 0 Å². The van der Waals surface area contributed by atoms with E-state index < -0.39 is 12.1 Å². The van der Waals surface area contributed by atoms with Gasteiger partial charge >= 0.3 is 5.97 Å². The maximum atomic E-state index is 12.1. The number of carbonyl (C=O) groups is 1. The maximum Gasteiger partial charge on any atom is 0.341 e.